The number of nitrogens with one attached hydrogen (secondary N) is 2. The molecule has 2 aliphatic rings. The van der Waals surface area contributed by atoms with Gasteiger partial charge in [0.05, 0.1) is 6.17 Å². The molecule has 104 valence electrons. The summed E-state index contributed by atoms with van der Waals surface area (Å²) in [6.07, 6.45) is 5.63. The Morgan fingerprint density at radius 2 is 1.74 bits per heavy atom. The Bertz CT molecular complexity index is 432. The van der Waals surface area contributed by atoms with Crippen LogP contribution >= 0.6 is 0 Å². The zero-order valence-corrected chi connectivity index (χ0v) is 11.9. The van der Waals surface area contributed by atoms with Crippen molar-refractivity contribution in [1.29, 1.82) is 0 Å². The summed E-state index contributed by atoms with van der Waals surface area (Å²) in [5.41, 5.74) is 2.61. The quantitative estimate of drug-likeness (QED) is 0.876. The van der Waals surface area contributed by atoms with Gasteiger partial charge in [0, 0.05) is 12.1 Å². The van der Waals surface area contributed by atoms with Crippen LogP contribution in [0.15, 0.2) is 18.2 Å². The molecule has 2 fully saturated rings. The fourth-order valence-corrected chi connectivity index (χ4v) is 3.17. The Kier molecular flexibility index (Phi) is 3.76. The van der Waals surface area contributed by atoms with Crippen LogP contribution in [0.4, 0.5) is 0 Å². The zero-order chi connectivity index (χ0) is 13.2. The fraction of sp³-hybridized carbons (Fsp3) is 0.625. The SMILES string of the molecule is Cc1ccc(OCC2NC3CCCCC3N2)cc1C. The van der Waals surface area contributed by atoms with Gasteiger partial charge in [0.25, 0.3) is 0 Å². The molecule has 0 spiro atoms. The highest BCUT2D eigenvalue weighted by Crippen LogP contribution is 2.23. The molecule has 3 heteroatoms. The molecule has 2 N–H and O–H groups in total. The standard InChI is InChI=1S/C16H24N2O/c1-11-7-8-13(9-12(11)2)19-10-16-17-14-5-3-4-6-15(14)18-16/h7-9,14-18H,3-6,10H2,1-2H3. The maximum absolute atomic E-state index is 5.91. The van der Waals surface area contributed by atoms with Gasteiger partial charge in [-0.2, -0.15) is 0 Å². The van der Waals surface area contributed by atoms with Crippen LogP contribution in [0, 0.1) is 13.8 Å². The molecule has 2 unspecified atom stereocenters. The highest BCUT2D eigenvalue weighted by molar-refractivity contribution is 5.33. The minimum absolute atomic E-state index is 0.301. The summed E-state index contributed by atoms with van der Waals surface area (Å²) in [6.45, 7) is 4.96. The van der Waals surface area contributed by atoms with Gasteiger partial charge in [-0.15, -0.1) is 0 Å². The van der Waals surface area contributed by atoms with E-state index in [9.17, 15) is 0 Å². The van der Waals surface area contributed by atoms with E-state index in [1.54, 1.807) is 0 Å². The Balaban J connectivity index is 1.53. The molecule has 1 aliphatic carbocycles. The third kappa shape index (κ3) is 2.93. The first-order valence-corrected chi connectivity index (χ1v) is 7.44. The summed E-state index contributed by atoms with van der Waals surface area (Å²) in [5, 5.41) is 7.31. The van der Waals surface area contributed by atoms with Gasteiger partial charge in [-0.1, -0.05) is 18.9 Å². The van der Waals surface area contributed by atoms with E-state index in [1.807, 2.05) is 0 Å². The molecule has 0 bridgehead atoms. The van der Waals surface area contributed by atoms with E-state index < -0.39 is 0 Å². The van der Waals surface area contributed by atoms with Crippen LogP contribution in [0.3, 0.4) is 0 Å². The molecule has 0 radical (unpaired) electrons. The fourth-order valence-electron chi connectivity index (χ4n) is 3.17. The van der Waals surface area contributed by atoms with Gasteiger partial charge in [-0.05, 0) is 49.9 Å². The third-order valence-corrected chi connectivity index (χ3v) is 4.49. The second-order valence-electron chi connectivity index (χ2n) is 5.94. The van der Waals surface area contributed by atoms with Crippen molar-refractivity contribution < 1.29 is 4.74 Å². The molecule has 1 aromatic carbocycles. The van der Waals surface area contributed by atoms with Gasteiger partial charge in [0.1, 0.15) is 12.4 Å². The van der Waals surface area contributed by atoms with Gasteiger partial charge in [-0.3, -0.25) is 10.6 Å². The monoisotopic (exact) mass is 260 g/mol. The molecule has 3 nitrogen and oxygen atoms in total. The lowest BCUT2D eigenvalue weighted by molar-refractivity contribution is 0.260. The van der Waals surface area contributed by atoms with E-state index in [4.69, 9.17) is 4.74 Å². The maximum atomic E-state index is 5.91. The number of benzene rings is 1. The molecule has 1 aliphatic heterocycles. The maximum Gasteiger partial charge on any atom is 0.119 e. The number of fused-ring (bicyclic) bond motifs is 1. The largest absolute Gasteiger partial charge is 0.491 e. The first-order chi connectivity index (χ1) is 9.22. The highest BCUT2D eigenvalue weighted by Gasteiger charge is 2.34. The second kappa shape index (κ2) is 5.51. The first kappa shape index (κ1) is 12.9. The van der Waals surface area contributed by atoms with Crippen LogP contribution in [0.5, 0.6) is 5.75 Å². The van der Waals surface area contributed by atoms with Crippen molar-refractivity contribution in [3.63, 3.8) is 0 Å². The normalized spacial score (nSPS) is 30.1. The molecule has 1 saturated carbocycles. The number of aryl methyl sites for hydroxylation is 2. The van der Waals surface area contributed by atoms with Crippen LogP contribution in [-0.2, 0) is 0 Å². The van der Waals surface area contributed by atoms with E-state index in [2.05, 4.69) is 42.7 Å². The molecule has 1 aromatic rings. The van der Waals surface area contributed by atoms with E-state index in [-0.39, 0.29) is 0 Å². The minimum Gasteiger partial charge on any atom is -0.491 e. The van der Waals surface area contributed by atoms with Crippen LogP contribution in [-0.4, -0.2) is 24.9 Å². The molecule has 1 saturated heterocycles. The average molecular weight is 260 g/mol. The molecule has 3 rings (SSSR count). The number of hydrogen-bond acceptors (Lipinski definition) is 3. The van der Waals surface area contributed by atoms with Crippen molar-refractivity contribution >= 4 is 0 Å². The van der Waals surface area contributed by atoms with Crippen molar-refractivity contribution in [3.05, 3.63) is 29.3 Å². The van der Waals surface area contributed by atoms with Gasteiger partial charge < -0.3 is 4.74 Å². The number of ether oxygens (including phenoxy) is 1. The molecule has 2 atom stereocenters. The van der Waals surface area contributed by atoms with Crippen molar-refractivity contribution in [2.45, 2.75) is 57.8 Å². The number of rotatable bonds is 3. The Hall–Kier alpha value is -1.06. The number of hydrogen-bond donors (Lipinski definition) is 2. The topological polar surface area (TPSA) is 33.3 Å². The van der Waals surface area contributed by atoms with E-state index in [0.29, 0.717) is 24.9 Å². The summed E-state index contributed by atoms with van der Waals surface area (Å²) < 4.78 is 5.91. The second-order valence-corrected chi connectivity index (χ2v) is 5.94. The Morgan fingerprint density at radius 1 is 1.05 bits per heavy atom. The third-order valence-electron chi connectivity index (χ3n) is 4.49. The van der Waals surface area contributed by atoms with Gasteiger partial charge in [-0.25, -0.2) is 0 Å². The first-order valence-electron chi connectivity index (χ1n) is 7.44. The molecule has 1 heterocycles. The van der Waals surface area contributed by atoms with Crippen LogP contribution in [0.2, 0.25) is 0 Å². The predicted octanol–water partition coefficient (Wildman–Crippen LogP) is 2.51. The average Bonchev–Trinajstić information content (AvgIpc) is 2.83. The lowest BCUT2D eigenvalue weighted by Crippen LogP contribution is -2.38. The van der Waals surface area contributed by atoms with Crippen LogP contribution < -0.4 is 15.4 Å². The Labute approximate surface area is 115 Å². The summed E-state index contributed by atoms with van der Waals surface area (Å²) >= 11 is 0. The summed E-state index contributed by atoms with van der Waals surface area (Å²) in [5.74, 6) is 0.974. The summed E-state index contributed by atoms with van der Waals surface area (Å²) in [4.78, 5) is 0. The van der Waals surface area contributed by atoms with Gasteiger partial charge in [0.15, 0.2) is 0 Å². The molecule has 0 aromatic heterocycles. The zero-order valence-electron chi connectivity index (χ0n) is 11.9. The van der Waals surface area contributed by atoms with Crippen molar-refractivity contribution in [2.75, 3.05) is 6.61 Å². The molecular formula is C16H24N2O. The van der Waals surface area contributed by atoms with Crippen molar-refractivity contribution in [3.8, 4) is 5.75 Å². The van der Waals surface area contributed by atoms with Gasteiger partial charge in [0.2, 0.25) is 0 Å². The minimum atomic E-state index is 0.301. The lowest BCUT2D eigenvalue weighted by Gasteiger charge is -2.23. The Morgan fingerprint density at radius 3 is 2.37 bits per heavy atom. The van der Waals surface area contributed by atoms with E-state index in [0.717, 1.165) is 5.75 Å². The molecule has 19 heavy (non-hydrogen) atoms. The highest BCUT2D eigenvalue weighted by atomic mass is 16.5. The van der Waals surface area contributed by atoms with Gasteiger partial charge >= 0.3 is 0 Å². The van der Waals surface area contributed by atoms with Crippen molar-refractivity contribution in [2.24, 2.45) is 0 Å². The van der Waals surface area contributed by atoms with E-state index >= 15 is 0 Å². The lowest BCUT2D eigenvalue weighted by atomic mass is 9.92. The predicted molar refractivity (Wildman–Crippen MR) is 77.5 cm³/mol. The van der Waals surface area contributed by atoms with Crippen LogP contribution in [0.1, 0.15) is 36.8 Å². The smallest absolute Gasteiger partial charge is 0.119 e. The summed E-state index contributed by atoms with van der Waals surface area (Å²) in [6, 6.07) is 7.62. The summed E-state index contributed by atoms with van der Waals surface area (Å²) in [7, 11) is 0. The molecular weight excluding hydrogens is 236 g/mol. The molecule has 0 amide bonds. The van der Waals surface area contributed by atoms with E-state index in [1.165, 1.54) is 36.8 Å². The van der Waals surface area contributed by atoms with Crippen LogP contribution in [0.25, 0.3) is 0 Å². The van der Waals surface area contributed by atoms with Crippen molar-refractivity contribution in [1.82, 2.24) is 10.6 Å².